The fourth-order valence-electron chi connectivity index (χ4n) is 1.85. The maximum atomic E-state index is 12.4. The van der Waals surface area contributed by atoms with E-state index in [4.69, 9.17) is 22.1 Å². The molecular weight excluding hydrogens is 340 g/mol. The number of amides is 1. The lowest BCUT2D eigenvalue weighted by Gasteiger charge is -2.11. The number of rotatable bonds is 6. The molecule has 8 heteroatoms. The summed E-state index contributed by atoms with van der Waals surface area (Å²) in [5.41, 5.74) is 5.92. The highest BCUT2D eigenvalue weighted by molar-refractivity contribution is 7.92. The molecule has 0 atom stereocenters. The molecule has 23 heavy (non-hydrogen) atoms. The van der Waals surface area contributed by atoms with Gasteiger partial charge in [0.05, 0.1) is 4.90 Å². The van der Waals surface area contributed by atoms with Gasteiger partial charge in [-0.25, -0.2) is 8.42 Å². The molecule has 2 aromatic carbocycles. The van der Waals surface area contributed by atoms with Crippen molar-refractivity contribution in [2.75, 3.05) is 11.3 Å². The lowest BCUT2D eigenvalue weighted by atomic mass is 10.2. The number of primary amides is 1. The number of ether oxygens (including phenoxy) is 1. The Morgan fingerprint density at radius 1 is 1.22 bits per heavy atom. The van der Waals surface area contributed by atoms with Crippen LogP contribution in [0.25, 0.3) is 0 Å². The molecule has 122 valence electrons. The van der Waals surface area contributed by atoms with E-state index in [2.05, 4.69) is 4.72 Å². The molecule has 0 heterocycles. The second kappa shape index (κ2) is 6.89. The van der Waals surface area contributed by atoms with Gasteiger partial charge in [0.2, 0.25) is 0 Å². The Morgan fingerprint density at radius 2 is 1.87 bits per heavy atom. The number of sulfonamides is 1. The largest absolute Gasteiger partial charge is 0.484 e. The summed E-state index contributed by atoms with van der Waals surface area (Å²) in [7, 11) is -3.75. The molecule has 0 aromatic heterocycles. The van der Waals surface area contributed by atoms with Gasteiger partial charge in [0.25, 0.3) is 15.9 Å². The van der Waals surface area contributed by atoms with Crippen LogP contribution in [0.5, 0.6) is 5.75 Å². The number of carbonyl (C=O) groups excluding carboxylic acids is 1. The van der Waals surface area contributed by atoms with Crippen molar-refractivity contribution in [1.29, 1.82) is 0 Å². The molecule has 1 amide bonds. The Kier molecular flexibility index (Phi) is 5.12. The maximum absolute atomic E-state index is 12.4. The van der Waals surface area contributed by atoms with E-state index in [1.165, 1.54) is 30.3 Å². The first-order valence-electron chi connectivity index (χ1n) is 6.58. The second-order valence-electron chi connectivity index (χ2n) is 4.79. The lowest BCUT2D eigenvalue weighted by molar-refractivity contribution is -0.119. The van der Waals surface area contributed by atoms with Gasteiger partial charge in [0, 0.05) is 10.7 Å². The van der Waals surface area contributed by atoms with Gasteiger partial charge in [-0.05, 0) is 48.9 Å². The third-order valence-corrected chi connectivity index (χ3v) is 4.69. The standard InChI is InChI=1S/C15H15ClN2O4S/c1-10-2-3-11(16)8-14(10)23(20,21)18-12-4-6-13(7-5-12)22-9-15(17)19/h2-8,18H,9H2,1H3,(H2,17,19). The number of anilines is 1. The molecule has 0 aliphatic rings. The van der Waals surface area contributed by atoms with Crippen molar-refractivity contribution < 1.29 is 17.9 Å². The molecule has 6 nitrogen and oxygen atoms in total. The molecule has 0 spiro atoms. The fourth-order valence-corrected chi connectivity index (χ4v) is 3.41. The molecule has 0 unspecified atom stereocenters. The Hall–Kier alpha value is -2.25. The highest BCUT2D eigenvalue weighted by Crippen LogP contribution is 2.24. The predicted molar refractivity (Wildman–Crippen MR) is 88.1 cm³/mol. The Bertz CT molecular complexity index is 820. The van der Waals surface area contributed by atoms with Crippen molar-refractivity contribution in [1.82, 2.24) is 0 Å². The summed E-state index contributed by atoms with van der Waals surface area (Å²) < 4.78 is 32.4. The Balaban J connectivity index is 2.17. The van der Waals surface area contributed by atoms with Crippen LogP contribution in [0.4, 0.5) is 5.69 Å². The van der Waals surface area contributed by atoms with E-state index >= 15 is 0 Å². The highest BCUT2D eigenvalue weighted by Gasteiger charge is 2.17. The van der Waals surface area contributed by atoms with Crippen molar-refractivity contribution in [3.05, 3.63) is 53.1 Å². The summed E-state index contributed by atoms with van der Waals surface area (Å²) in [6.07, 6.45) is 0. The number of hydrogen-bond acceptors (Lipinski definition) is 4. The average Bonchev–Trinajstić information content (AvgIpc) is 2.48. The van der Waals surface area contributed by atoms with Crippen LogP contribution in [-0.2, 0) is 14.8 Å². The minimum atomic E-state index is -3.75. The maximum Gasteiger partial charge on any atom is 0.262 e. The third-order valence-electron chi connectivity index (χ3n) is 2.93. The topological polar surface area (TPSA) is 98.5 Å². The Morgan fingerprint density at radius 3 is 2.48 bits per heavy atom. The van der Waals surface area contributed by atoms with Crippen molar-refractivity contribution in [3.63, 3.8) is 0 Å². The van der Waals surface area contributed by atoms with Crippen molar-refractivity contribution in [2.24, 2.45) is 5.73 Å². The number of nitrogens with two attached hydrogens (primary N) is 1. The summed E-state index contributed by atoms with van der Waals surface area (Å²) in [4.78, 5) is 10.7. The van der Waals surface area contributed by atoms with Gasteiger partial charge >= 0.3 is 0 Å². The summed E-state index contributed by atoms with van der Waals surface area (Å²) in [5.74, 6) is -0.183. The van der Waals surface area contributed by atoms with Crippen LogP contribution in [0.15, 0.2) is 47.4 Å². The van der Waals surface area contributed by atoms with Crippen molar-refractivity contribution in [2.45, 2.75) is 11.8 Å². The first kappa shape index (κ1) is 17.1. The summed E-state index contributed by atoms with van der Waals surface area (Å²) in [6.45, 7) is 1.44. The van der Waals surface area contributed by atoms with Crippen LogP contribution in [0, 0.1) is 6.92 Å². The van der Waals surface area contributed by atoms with E-state index in [9.17, 15) is 13.2 Å². The van der Waals surface area contributed by atoms with Gasteiger partial charge in [0.1, 0.15) is 5.75 Å². The smallest absolute Gasteiger partial charge is 0.262 e. The van der Waals surface area contributed by atoms with Crippen LogP contribution >= 0.6 is 11.6 Å². The van der Waals surface area contributed by atoms with Crippen LogP contribution in [0.2, 0.25) is 5.02 Å². The Labute approximate surface area is 139 Å². The van der Waals surface area contributed by atoms with Crippen LogP contribution in [0.3, 0.4) is 0 Å². The van der Waals surface area contributed by atoms with Gasteiger partial charge in [0.15, 0.2) is 6.61 Å². The summed E-state index contributed by atoms with van der Waals surface area (Å²) >= 11 is 5.86. The minimum absolute atomic E-state index is 0.110. The molecule has 0 radical (unpaired) electrons. The van der Waals surface area contributed by atoms with Crippen LogP contribution in [-0.4, -0.2) is 20.9 Å². The van der Waals surface area contributed by atoms with Crippen LogP contribution < -0.4 is 15.2 Å². The number of aryl methyl sites for hydroxylation is 1. The van der Waals surface area contributed by atoms with E-state index < -0.39 is 15.9 Å². The third kappa shape index (κ3) is 4.61. The van der Waals surface area contributed by atoms with Crippen molar-refractivity contribution in [3.8, 4) is 5.75 Å². The van der Waals surface area contributed by atoms with Gasteiger partial charge in [-0.1, -0.05) is 17.7 Å². The zero-order valence-corrected chi connectivity index (χ0v) is 13.8. The molecule has 0 saturated heterocycles. The number of halogens is 1. The molecule has 0 bridgehead atoms. The van der Waals surface area contributed by atoms with Gasteiger partial charge in [-0.15, -0.1) is 0 Å². The quantitative estimate of drug-likeness (QED) is 0.831. The molecule has 0 saturated carbocycles. The minimum Gasteiger partial charge on any atom is -0.484 e. The zero-order valence-electron chi connectivity index (χ0n) is 12.2. The normalized spacial score (nSPS) is 11.0. The molecule has 0 aliphatic heterocycles. The lowest BCUT2D eigenvalue weighted by Crippen LogP contribution is -2.20. The molecule has 2 rings (SSSR count). The van der Waals surface area contributed by atoms with Gasteiger partial charge < -0.3 is 10.5 Å². The number of hydrogen-bond donors (Lipinski definition) is 2. The van der Waals surface area contributed by atoms with Gasteiger partial charge in [-0.2, -0.15) is 0 Å². The molecule has 3 N–H and O–H groups in total. The first-order valence-corrected chi connectivity index (χ1v) is 8.44. The van der Waals surface area contributed by atoms with Gasteiger partial charge in [-0.3, -0.25) is 9.52 Å². The number of carbonyl (C=O) groups is 1. The van der Waals surface area contributed by atoms with E-state index in [0.29, 0.717) is 22.0 Å². The fraction of sp³-hybridized carbons (Fsp3) is 0.133. The first-order chi connectivity index (χ1) is 10.8. The second-order valence-corrected chi connectivity index (χ2v) is 6.88. The molecule has 0 fully saturated rings. The average molecular weight is 355 g/mol. The van der Waals surface area contributed by atoms with E-state index in [0.717, 1.165) is 0 Å². The van der Waals surface area contributed by atoms with Crippen molar-refractivity contribution >= 4 is 33.2 Å². The van der Waals surface area contributed by atoms with E-state index in [1.54, 1.807) is 19.1 Å². The van der Waals surface area contributed by atoms with E-state index in [1.807, 2.05) is 0 Å². The van der Waals surface area contributed by atoms with Crippen LogP contribution in [0.1, 0.15) is 5.56 Å². The number of benzene rings is 2. The predicted octanol–water partition coefficient (Wildman–Crippen LogP) is 2.31. The molecule has 0 aliphatic carbocycles. The molecule has 2 aromatic rings. The number of nitrogens with one attached hydrogen (secondary N) is 1. The monoisotopic (exact) mass is 354 g/mol. The summed E-state index contributed by atoms with van der Waals surface area (Å²) in [6, 6.07) is 10.8. The summed E-state index contributed by atoms with van der Waals surface area (Å²) in [5, 5.41) is 0.339. The molecular formula is C15H15ClN2O4S. The van der Waals surface area contributed by atoms with E-state index in [-0.39, 0.29) is 11.5 Å². The highest BCUT2D eigenvalue weighted by atomic mass is 35.5. The SMILES string of the molecule is Cc1ccc(Cl)cc1S(=O)(=O)Nc1ccc(OCC(N)=O)cc1. The zero-order chi connectivity index (χ0) is 17.0.